The van der Waals surface area contributed by atoms with Gasteiger partial charge in [0.05, 0.1) is 6.04 Å². The number of nitrogens with one attached hydrogen (secondary N) is 1. The molecular formula is C15H22N2O2. The molecule has 1 aliphatic rings. The lowest BCUT2D eigenvalue weighted by Crippen LogP contribution is -2.45. The fourth-order valence-corrected chi connectivity index (χ4v) is 2.61. The SMILES string of the molecule is CC(=O)N[C@H](CN1CCCC1)[C@H](O)c1ccccc1. The molecule has 2 atom stereocenters. The van der Waals surface area contributed by atoms with Gasteiger partial charge in [-0.15, -0.1) is 0 Å². The van der Waals surface area contributed by atoms with E-state index in [9.17, 15) is 9.90 Å². The Labute approximate surface area is 114 Å². The molecule has 1 aliphatic heterocycles. The number of carbonyl (C=O) groups excluding carboxylic acids is 1. The molecule has 1 fully saturated rings. The first-order valence-electron chi connectivity index (χ1n) is 6.89. The van der Waals surface area contributed by atoms with Gasteiger partial charge < -0.3 is 15.3 Å². The van der Waals surface area contributed by atoms with Crippen molar-refractivity contribution < 1.29 is 9.90 Å². The predicted octanol–water partition coefficient (Wildman–Crippen LogP) is 1.32. The number of aliphatic hydroxyl groups is 1. The monoisotopic (exact) mass is 262 g/mol. The highest BCUT2D eigenvalue weighted by molar-refractivity contribution is 5.73. The van der Waals surface area contributed by atoms with Gasteiger partial charge in [0.2, 0.25) is 5.91 Å². The lowest BCUT2D eigenvalue weighted by molar-refractivity contribution is -0.120. The number of carbonyl (C=O) groups is 1. The van der Waals surface area contributed by atoms with Crippen molar-refractivity contribution in [3.05, 3.63) is 35.9 Å². The average molecular weight is 262 g/mol. The van der Waals surface area contributed by atoms with Gasteiger partial charge in [-0.05, 0) is 31.5 Å². The normalized spacial score (nSPS) is 19.1. The largest absolute Gasteiger partial charge is 0.386 e. The average Bonchev–Trinajstić information content (AvgIpc) is 2.90. The molecule has 0 aliphatic carbocycles. The third-order valence-corrected chi connectivity index (χ3v) is 3.56. The molecule has 1 aromatic carbocycles. The van der Waals surface area contributed by atoms with E-state index in [4.69, 9.17) is 0 Å². The minimum atomic E-state index is -0.661. The summed E-state index contributed by atoms with van der Waals surface area (Å²) in [5.41, 5.74) is 0.848. The molecule has 19 heavy (non-hydrogen) atoms. The summed E-state index contributed by atoms with van der Waals surface area (Å²) in [4.78, 5) is 13.6. The number of benzene rings is 1. The second-order valence-corrected chi connectivity index (χ2v) is 5.17. The van der Waals surface area contributed by atoms with E-state index >= 15 is 0 Å². The van der Waals surface area contributed by atoms with Crippen LogP contribution in [0, 0.1) is 0 Å². The summed E-state index contributed by atoms with van der Waals surface area (Å²) in [7, 11) is 0. The maximum Gasteiger partial charge on any atom is 0.217 e. The van der Waals surface area contributed by atoms with Crippen molar-refractivity contribution in [2.75, 3.05) is 19.6 Å². The molecule has 0 saturated carbocycles. The zero-order chi connectivity index (χ0) is 13.7. The van der Waals surface area contributed by atoms with E-state index in [1.165, 1.54) is 19.8 Å². The van der Waals surface area contributed by atoms with Gasteiger partial charge in [-0.1, -0.05) is 30.3 Å². The zero-order valence-corrected chi connectivity index (χ0v) is 11.4. The van der Waals surface area contributed by atoms with Gasteiger partial charge in [0.1, 0.15) is 6.10 Å². The van der Waals surface area contributed by atoms with Crippen LogP contribution in [0.2, 0.25) is 0 Å². The molecule has 0 bridgehead atoms. The quantitative estimate of drug-likeness (QED) is 0.841. The molecule has 0 unspecified atom stereocenters. The van der Waals surface area contributed by atoms with Gasteiger partial charge in [-0.25, -0.2) is 0 Å². The van der Waals surface area contributed by atoms with Crippen molar-refractivity contribution in [3.8, 4) is 0 Å². The highest BCUT2D eigenvalue weighted by atomic mass is 16.3. The lowest BCUT2D eigenvalue weighted by atomic mass is 10.0. The number of amides is 1. The van der Waals surface area contributed by atoms with Crippen LogP contribution in [0.1, 0.15) is 31.4 Å². The van der Waals surface area contributed by atoms with Gasteiger partial charge in [-0.3, -0.25) is 4.79 Å². The number of aliphatic hydroxyl groups excluding tert-OH is 1. The molecule has 104 valence electrons. The van der Waals surface area contributed by atoms with Crippen LogP contribution in [0.25, 0.3) is 0 Å². The smallest absolute Gasteiger partial charge is 0.217 e. The van der Waals surface area contributed by atoms with E-state index in [0.717, 1.165) is 18.7 Å². The third kappa shape index (κ3) is 4.04. The van der Waals surface area contributed by atoms with Crippen molar-refractivity contribution >= 4 is 5.91 Å². The van der Waals surface area contributed by atoms with Gasteiger partial charge in [0, 0.05) is 13.5 Å². The van der Waals surface area contributed by atoms with Crippen molar-refractivity contribution in [2.45, 2.75) is 31.9 Å². The fourth-order valence-electron chi connectivity index (χ4n) is 2.61. The van der Waals surface area contributed by atoms with E-state index in [1.807, 2.05) is 30.3 Å². The molecular weight excluding hydrogens is 240 g/mol. The summed E-state index contributed by atoms with van der Waals surface area (Å²) in [5, 5.41) is 13.3. The van der Waals surface area contributed by atoms with Crippen LogP contribution in [0.5, 0.6) is 0 Å². The van der Waals surface area contributed by atoms with Crippen LogP contribution in [-0.4, -0.2) is 41.6 Å². The van der Waals surface area contributed by atoms with Gasteiger partial charge >= 0.3 is 0 Å². The Bertz CT molecular complexity index is 402. The highest BCUT2D eigenvalue weighted by Crippen LogP contribution is 2.19. The molecule has 1 saturated heterocycles. The molecule has 1 heterocycles. The van der Waals surface area contributed by atoms with Crippen LogP contribution in [-0.2, 0) is 4.79 Å². The molecule has 0 aromatic heterocycles. The van der Waals surface area contributed by atoms with Crippen LogP contribution in [0.4, 0.5) is 0 Å². The first kappa shape index (κ1) is 14.0. The number of likely N-dealkylation sites (tertiary alicyclic amines) is 1. The van der Waals surface area contributed by atoms with Crippen LogP contribution >= 0.6 is 0 Å². The van der Waals surface area contributed by atoms with E-state index in [0.29, 0.717) is 6.54 Å². The minimum Gasteiger partial charge on any atom is -0.386 e. The molecule has 2 N–H and O–H groups in total. The summed E-state index contributed by atoms with van der Waals surface area (Å²) >= 11 is 0. The van der Waals surface area contributed by atoms with Gasteiger partial charge in [0.25, 0.3) is 0 Å². The zero-order valence-electron chi connectivity index (χ0n) is 11.4. The van der Waals surface area contributed by atoms with E-state index in [-0.39, 0.29) is 11.9 Å². The Morgan fingerprint density at radius 3 is 2.53 bits per heavy atom. The van der Waals surface area contributed by atoms with Crippen LogP contribution < -0.4 is 5.32 Å². The molecule has 0 radical (unpaired) electrons. The molecule has 0 spiro atoms. The minimum absolute atomic E-state index is 0.0980. The molecule has 4 nitrogen and oxygen atoms in total. The Kier molecular flexibility index (Phi) is 4.93. The summed E-state index contributed by atoms with van der Waals surface area (Å²) in [6.45, 7) is 4.31. The van der Waals surface area contributed by atoms with Crippen molar-refractivity contribution in [1.82, 2.24) is 10.2 Å². The van der Waals surface area contributed by atoms with Gasteiger partial charge in [0.15, 0.2) is 0 Å². The standard InChI is InChI=1S/C15H22N2O2/c1-12(18)16-14(11-17-9-5-6-10-17)15(19)13-7-3-2-4-8-13/h2-4,7-8,14-15,19H,5-6,9-11H2,1H3,(H,16,18)/t14-,15-/m1/s1. The summed E-state index contributed by atoms with van der Waals surface area (Å²) in [5.74, 6) is -0.0980. The van der Waals surface area contributed by atoms with Crippen molar-refractivity contribution in [2.24, 2.45) is 0 Å². The Morgan fingerprint density at radius 2 is 1.95 bits per heavy atom. The topological polar surface area (TPSA) is 52.6 Å². The third-order valence-electron chi connectivity index (χ3n) is 3.56. The number of hydrogen-bond donors (Lipinski definition) is 2. The van der Waals surface area contributed by atoms with Crippen LogP contribution in [0.3, 0.4) is 0 Å². The summed E-state index contributed by atoms with van der Waals surface area (Å²) < 4.78 is 0. The second kappa shape index (κ2) is 6.68. The van der Waals surface area contributed by atoms with Gasteiger partial charge in [-0.2, -0.15) is 0 Å². The second-order valence-electron chi connectivity index (χ2n) is 5.17. The predicted molar refractivity (Wildman–Crippen MR) is 74.7 cm³/mol. The Balaban J connectivity index is 2.05. The molecule has 1 amide bonds. The van der Waals surface area contributed by atoms with Crippen molar-refractivity contribution in [3.63, 3.8) is 0 Å². The molecule has 4 heteroatoms. The number of nitrogens with zero attached hydrogens (tertiary/aromatic N) is 1. The summed E-state index contributed by atoms with van der Waals surface area (Å²) in [6, 6.07) is 9.26. The number of hydrogen-bond acceptors (Lipinski definition) is 3. The number of rotatable bonds is 5. The highest BCUT2D eigenvalue weighted by Gasteiger charge is 2.25. The first-order chi connectivity index (χ1) is 9.16. The molecule has 1 aromatic rings. The van der Waals surface area contributed by atoms with Crippen LogP contribution in [0.15, 0.2) is 30.3 Å². The Morgan fingerprint density at radius 1 is 1.32 bits per heavy atom. The van der Waals surface area contributed by atoms with E-state index in [2.05, 4.69) is 10.2 Å². The maximum atomic E-state index is 11.3. The first-order valence-corrected chi connectivity index (χ1v) is 6.89. The fraction of sp³-hybridized carbons (Fsp3) is 0.533. The molecule has 2 rings (SSSR count). The lowest BCUT2D eigenvalue weighted by Gasteiger charge is -2.28. The van der Waals surface area contributed by atoms with E-state index in [1.54, 1.807) is 0 Å². The van der Waals surface area contributed by atoms with Crippen molar-refractivity contribution in [1.29, 1.82) is 0 Å². The summed E-state index contributed by atoms with van der Waals surface area (Å²) in [6.07, 6.45) is 1.74. The Hall–Kier alpha value is -1.39. The maximum absolute atomic E-state index is 11.3. The van der Waals surface area contributed by atoms with E-state index < -0.39 is 6.10 Å².